The molecule has 0 aliphatic heterocycles. The van der Waals surface area contributed by atoms with Gasteiger partial charge in [0.2, 0.25) is 0 Å². The van der Waals surface area contributed by atoms with Gasteiger partial charge in [-0.05, 0) is 40.4 Å². The maximum atomic E-state index is 12.6. The van der Waals surface area contributed by atoms with Crippen molar-refractivity contribution in [3.8, 4) is 0 Å². The van der Waals surface area contributed by atoms with E-state index >= 15 is 0 Å². The quantitative estimate of drug-likeness (QED) is 0.197. The summed E-state index contributed by atoms with van der Waals surface area (Å²) in [6, 6.07) is 0. The predicted octanol–water partition coefficient (Wildman–Crippen LogP) is 4.35. The minimum Gasteiger partial charge on any atom is -0.357 e. The number of aliphatic imine (C=N–C) groups is 1. The van der Waals surface area contributed by atoms with Crippen molar-refractivity contribution in [2.24, 2.45) is 4.99 Å². The number of guanidine groups is 1. The Hall–Kier alpha value is -0.620. The molecular formula is C17H31F3IN5S. The van der Waals surface area contributed by atoms with Gasteiger partial charge in [0, 0.05) is 18.5 Å². The molecule has 1 rings (SSSR count). The molecule has 0 spiro atoms. The molecule has 10 heteroatoms. The van der Waals surface area contributed by atoms with Gasteiger partial charge < -0.3 is 15.5 Å². The zero-order valence-corrected chi connectivity index (χ0v) is 19.4. The topological polar surface area (TPSA) is 52.6 Å². The summed E-state index contributed by atoms with van der Waals surface area (Å²) in [6.07, 6.45) is 1.47. The van der Waals surface area contributed by atoms with Gasteiger partial charge in [-0.25, -0.2) is 9.98 Å². The fourth-order valence-corrected chi connectivity index (χ4v) is 3.02. The molecule has 2 N–H and O–H groups in total. The first-order valence-electron chi connectivity index (χ1n) is 9.01. The van der Waals surface area contributed by atoms with Crippen LogP contribution in [-0.2, 0) is 12.7 Å². The van der Waals surface area contributed by atoms with E-state index in [0.717, 1.165) is 42.6 Å². The molecule has 0 saturated carbocycles. The Balaban J connectivity index is 0.00000676. The van der Waals surface area contributed by atoms with Crippen LogP contribution in [0.2, 0.25) is 0 Å². The van der Waals surface area contributed by atoms with Crippen molar-refractivity contribution in [3.05, 3.63) is 16.1 Å². The average molecular weight is 521 g/mol. The number of nitrogens with zero attached hydrogens (tertiary/aromatic N) is 3. The lowest BCUT2D eigenvalue weighted by atomic mass is 10.1. The van der Waals surface area contributed by atoms with Crippen LogP contribution >= 0.6 is 35.3 Å². The van der Waals surface area contributed by atoms with Crippen LogP contribution in [0.25, 0.3) is 0 Å². The van der Waals surface area contributed by atoms with Crippen LogP contribution in [0.15, 0.2) is 10.4 Å². The Morgan fingerprint density at radius 1 is 1.15 bits per heavy atom. The molecular weight excluding hydrogens is 490 g/mol. The van der Waals surface area contributed by atoms with Gasteiger partial charge in [-0.15, -0.1) is 35.3 Å². The summed E-state index contributed by atoms with van der Waals surface area (Å²) < 4.78 is 37.7. The first-order valence-corrected chi connectivity index (χ1v) is 9.89. The van der Waals surface area contributed by atoms with Crippen molar-refractivity contribution in [2.45, 2.75) is 51.7 Å². The van der Waals surface area contributed by atoms with Gasteiger partial charge in [-0.1, -0.05) is 19.3 Å². The largest absolute Gasteiger partial charge is 0.434 e. The third-order valence-electron chi connectivity index (χ3n) is 3.63. The van der Waals surface area contributed by atoms with Gasteiger partial charge in [-0.2, -0.15) is 13.2 Å². The molecule has 27 heavy (non-hydrogen) atoms. The molecule has 0 amide bonds. The number of hydrogen-bond donors (Lipinski definition) is 2. The molecule has 1 aromatic heterocycles. The van der Waals surface area contributed by atoms with Crippen LogP contribution in [0.4, 0.5) is 13.2 Å². The fourth-order valence-electron chi connectivity index (χ4n) is 2.29. The maximum Gasteiger partial charge on any atom is 0.434 e. The van der Waals surface area contributed by atoms with E-state index in [-0.39, 0.29) is 30.5 Å². The standard InChI is InChI=1S/C17H30F3N5S.HI/c1-4-21-16(22-10-8-6-5-7-9-11-25(2)3)23-12-15-24-14(13-26-15)17(18,19)20;/h13H,4-12H2,1-3H3,(H2,21,22,23);1H. The van der Waals surface area contributed by atoms with Crippen LogP contribution in [-0.4, -0.2) is 49.6 Å². The summed E-state index contributed by atoms with van der Waals surface area (Å²) in [4.78, 5) is 10.1. The van der Waals surface area contributed by atoms with Crippen molar-refractivity contribution in [3.63, 3.8) is 0 Å². The number of hydrogen-bond acceptors (Lipinski definition) is 4. The lowest BCUT2D eigenvalue weighted by Gasteiger charge is -2.11. The maximum absolute atomic E-state index is 12.6. The monoisotopic (exact) mass is 521 g/mol. The van der Waals surface area contributed by atoms with Gasteiger partial charge in [0.1, 0.15) is 5.01 Å². The van der Waals surface area contributed by atoms with Crippen molar-refractivity contribution in [2.75, 3.05) is 33.7 Å². The fraction of sp³-hybridized carbons (Fsp3) is 0.765. The van der Waals surface area contributed by atoms with E-state index in [9.17, 15) is 13.2 Å². The first kappa shape index (κ1) is 26.4. The number of thiazole rings is 1. The number of rotatable bonds is 11. The van der Waals surface area contributed by atoms with E-state index in [1.165, 1.54) is 19.3 Å². The summed E-state index contributed by atoms with van der Waals surface area (Å²) in [6.45, 7) is 4.71. The zero-order valence-electron chi connectivity index (χ0n) is 16.2. The lowest BCUT2D eigenvalue weighted by Crippen LogP contribution is -2.37. The Morgan fingerprint density at radius 2 is 1.81 bits per heavy atom. The molecule has 0 atom stereocenters. The van der Waals surface area contributed by atoms with E-state index in [0.29, 0.717) is 17.5 Å². The van der Waals surface area contributed by atoms with Gasteiger partial charge >= 0.3 is 6.18 Å². The second-order valence-electron chi connectivity index (χ2n) is 6.32. The molecule has 0 aliphatic rings. The zero-order chi connectivity index (χ0) is 19.4. The smallest absolute Gasteiger partial charge is 0.357 e. The highest BCUT2D eigenvalue weighted by atomic mass is 127. The highest BCUT2D eigenvalue weighted by molar-refractivity contribution is 14.0. The lowest BCUT2D eigenvalue weighted by molar-refractivity contribution is -0.140. The molecule has 0 saturated heterocycles. The van der Waals surface area contributed by atoms with Crippen molar-refractivity contribution >= 4 is 41.3 Å². The van der Waals surface area contributed by atoms with Crippen LogP contribution in [0.1, 0.15) is 49.7 Å². The number of aromatic nitrogens is 1. The summed E-state index contributed by atoms with van der Waals surface area (Å²) >= 11 is 0.981. The average Bonchev–Trinajstić information content (AvgIpc) is 3.04. The molecule has 1 heterocycles. The van der Waals surface area contributed by atoms with E-state index in [4.69, 9.17) is 0 Å². The van der Waals surface area contributed by atoms with Crippen LogP contribution in [0, 0.1) is 0 Å². The normalized spacial score (nSPS) is 12.2. The second kappa shape index (κ2) is 14.4. The van der Waals surface area contributed by atoms with E-state index < -0.39 is 11.9 Å². The highest BCUT2D eigenvalue weighted by Crippen LogP contribution is 2.30. The number of halogens is 4. The Bertz CT molecular complexity index is 535. The van der Waals surface area contributed by atoms with Crippen LogP contribution in [0.3, 0.4) is 0 Å². The Labute approximate surface area is 181 Å². The minimum atomic E-state index is -4.40. The number of alkyl halides is 3. The summed E-state index contributed by atoms with van der Waals surface area (Å²) in [5.41, 5.74) is -0.847. The SMILES string of the molecule is CCNC(=NCc1nc(C(F)(F)F)cs1)NCCCCCCCN(C)C.I. The molecule has 1 aromatic rings. The molecule has 0 unspecified atom stereocenters. The molecule has 0 aromatic carbocycles. The van der Waals surface area contributed by atoms with E-state index in [1.807, 2.05) is 6.92 Å². The van der Waals surface area contributed by atoms with E-state index in [1.54, 1.807) is 0 Å². The summed E-state index contributed by atoms with van der Waals surface area (Å²) in [5, 5.41) is 7.71. The Morgan fingerprint density at radius 3 is 2.41 bits per heavy atom. The van der Waals surface area contributed by atoms with Gasteiger partial charge in [0.25, 0.3) is 0 Å². The molecule has 5 nitrogen and oxygen atoms in total. The molecule has 0 fully saturated rings. The third-order valence-corrected chi connectivity index (χ3v) is 4.47. The van der Waals surface area contributed by atoms with Crippen LogP contribution < -0.4 is 10.6 Å². The van der Waals surface area contributed by atoms with Gasteiger partial charge in [0.15, 0.2) is 11.7 Å². The third kappa shape index (κ3) is 12.5. The summed E-state index contributed by atoms with van der Waals surface area (Å²) in [7, 11) is 4.17. The Kier molecular flexibility index (Phi) is 14.1. The van der Waals surface area contributed by atoms with E-state index in [2.05, 4.69) is 39.6 Å². The van der Waals surface area contributed by atoms with Crippen molar-refractivity contribution in [1.29, 1.82) is 0 Å². The number of nitrogens with one attached hydrogen (secondary N) is 2. The molecule has 0 radical (unpaired) electrons. The second-order valence-corrected chi connectivity index (χ2v) is 7.26. The van der Waals surface area contributed by atoms with Crippen molar-refractivity contribution < 1.29 is 13.2 Å². The molecule has 0 aliphatic carbocycles. The predicted molar refractivity (Wildman–Crippen MR) is 117 cm³/mol. The molecule has 158 valence electrons. The number of unbranched alkanes of at least 4 members (excludes halogenated alkanes) is 4. The summed E-state index contributed by atoms with van der Waals surface area (Å²) in [5.74, 6) is 0.615. The highest BCUT2D eigenvalue weighted by Gasteiger charge is 2.33. The molecule has 0 bridgehead atoms. The van der Waals surface area contributed by atoms with Gasteiger partial charge in [0.05, 0.1) is 6.54 Å². The van der Waals surface area contributed by atoms with Gasteiger partial charge in [-0.3, -0.25) is 0 Å². The van der Waals surface area contributed by atoms with Crippen LogP contribution in [0.5, 0.6) is 0 Å². The first-order chi connectivity index (χ1) is 12.3. The minimum absolute atomic E-state index is 0. The van der Waals surface area contributed by atoms with Crippen molar-refractivity contribution in [1.82, 2.24) is 20.5 Å².